The number of aliphatic hydroxyl groups excluding tert-OH is 1. The van der Waals surface area contributed by atoms with Gasteiger partial charge in [-0.15, -0.1) is 0 Å². The molecule has 11 heteroatoms. The van der Waals surface area contributed by atoms with E-state index in [4.69, 9.17) is 4.74 Å². The number of ether oxygens (including phenoxy) is 1. The number of likely N-dealkylation sites (N-methyl/N-ethyl adjacent to an activating group) is 1. The van der Waals surface area contributed by atoms with Crippen LogP contribution in [0.3, 0.4) is 0 Å². The Hall–Kier alpha value is -3.99. The van der Waals surface area contributed by atoms with E-state index >= 15 is 0 Å². The number of esters is 1. The summed E-state index contributed by atoms with van der Waals surface area (Å²) in [6, 6.07) is 6.32. The van der Waals surface area contributed by atoms with Gasteiger partial charge in [-0.25, -0.2) is 0 Å². The third-order valence-corrected chi connectivity index (χ3v) is 7.50. The number of rotatable bonds is 5. The van der Waals surface area contributed by atoms with E-state index in [1.165, 1.54) is 31.0 Å². The molecular weight excluding hydrogens is 504 g/mol. The molecule has 1 aromatic carbocycles. The molecule has 1 saturated carbocycles. The summed E-state index contributed by atoms with van der Waals surface area (Å²) in [6.45, 7) is 3.08. The van der Waals surface area contributed by atoms with E-state index < -0.39 is 59.9 Å². The molecule has 2 heterocycles. The number of carbonyl (C=O) groups is 4. The number of amides is 3. The number of aliphatic hydroxyl groups is 1. The maximum atomic E-state index is 13.7. The van der Waals surface area contributed by atoms with Crippen LogP contribution in [0, 0.1) is 11.8 Å². The zero-order valence-electron chi connectivity index (χ0n) is 22.1. The Morgan fingerprint density at radius 3 is 2.51 bits per heavy atom. The lowest BCUT2D eigenvalue weighted by Crippen LogP contribution is -2.62. The molecule has 0 radical (unpaired) electrons. The summed E-state index contributed by atoms with van der Waals surface area (Å²) in [5.41, 5.74) is 0.670. The van der Waals surface area contributed by atoms with Gasteiger partial charge in [0.15, 0.2) is 6.10 Å². The highest BCUT2D eigenvalue weighted by Gasteiger charge is 2.45. The Kier molecular flexibility index (Phi) is 8.49. The van der Waals surface area contributed by atoms with Gasteiger partial charge in [-0.2, -0.15) is 0 Å². The molecule has 4 N–H and O–H groups in total. The fourth-order valence-corrected chi connectivity index (χ4v) is 4.68. The number of aromatic nitrogens is 1. The number of phenols is 1. The van der Waals surface area contributed by atoms with Crippen LogP contribution in [0.5, 0.6) is 5.75 Å². The van der Waals surface area contributed by atoms with Gasteiger partial charge in [-0.3, -0.25) is 24.2 Å². The zero-order chi connectivity index (χ0) is 28.3. The molecule has 1 aliphatic heterocycles. The molecule has 2 aromatic rings. The van der Waals surface area contributed by atoms with Crippen molar-refractivity contribution in [3.05, 3.63) is 59.9 Å². The summed E-state index contributed by atoms with van der Waals surface area (Å²) in [5.74, 6) is -4.08. The first kappa shape index (κ1) is 28.0. The minimum Gasteiger partial charge on any atom is -0.507 e. The van der Waals surface area contributed by atoms with Crippen molar-refractivity contribution in [2.45, 2.75) is 63.4 Å². The predicted octanol–water partition coefficient (Wildman–Crippen LogP) is 0.792. The molecule has 2 aliphatic rings. The number of phenolic OH excluding ortho intramolecular Hbond substituents is 1. The highest BCUT2D eigenvalue weighted by atomic mass is 16.6. The molecule has 1 saturated heterocycles. The van der Waals surface area contributed by atoms with Crippen LogP contribution in [0.25, 0.3) is 0 Å². The number of carbonyl (C=O) groups excluding carboxylic acids is 4. The Morgan fingerprint density at radius 2 is 1.87 bits per heavy atom. The van der Waals surface area contributed by atoms with Crippen LogP contribution >= 0.6 is 0 Å². The number of nitrogens with one attached hydrogen (secondary N) is 2. The van der Waals surface area contributed by atoms with Crippen molar-refractivity contribution in [1.29, 1.82) is 0 Å². The number of pyridine rings is 1. The summed E-state index contributed by atoms with van der Waals surface area (Å²) >= 11 is 0. The first-order chi connectivity index (χ1) is 18.6. The van der Waals surface area contributed by atoms with E-state index in [9.17, 15) is 29.4 Å². The van der Waals surface area contributed by atoms with E-state index in [0.717, 1.165) is 0 Å². The van der Waals surface area contributed by atoms with Gasteiger partial charge in [0.25, 0.3) is 11.8 Å². The van der Waals surface area contributed by atoms with Crippen LogP contribution in [0.1, 0.15) is 42.6 Å². The molecule has 1 aliphatic carbocycles. The van der Waals surface area contributed by atoms with Crippen LogP contribution < -0.4 is 10.6 Å². The van der Waals surface area contributed by atoms with Crippen molar-refractivity contribution in [2.24, 2.45) is 11.8 Å². The topological polar surface area (TPSA) is 158 Å². The molecule has 11 nitrogen and oxygen atoms in total. The van der Waals surface area contributed by atoms with Gasteiger partial charge in [0.1, 0.15) is 11.8 Å². The maximum Gasteiger partial charge on any atom is 0.312 e. The molecule has 208 valence electrons. The van der Waals surface area contributed by atoms with E-state index in [1.54, 1.807) is 43.6 Å². The van der Waals surface area contributed by atoms with Gasteiger partial charge >= 0.3 is 5.97 Å². The highest BCUT2D eigenvalue weighted by molar-refractivity contribution is 6.00. The van der Waals surface area contributed by atoms with Gasteiger partial charge in [0, 0.05) is 25.4 Å². The van der Waals surface area contributed by atoms with Crippen LogP contribution in [0.2, 0.25) is 0 Å². The first-order valence-corrected chi connectivity index (χ1v) is 13.0. The average molecular weight is 539 g/mol. The minimum absolute atomic E-state index is 0.0389. The standard InChI is InChI=1S/C28H34N4O7/c1-15-23(34)20(13-17-7-6-12-29-14-17)30-26(36)22(31-25(35)19-8-4-5-9-21(19)33)16(2)32(3)27(37)24(18-10-11-18)39-28(15)38/h4-9,12,14-16,18,20,22-24,33-34H,10-11,13H2,1-3H3,(H,30,36)(H,31,35)/t15-,16-,20+,22+,23+,24?/m1/s1. The number of nitrogens with zero attached hydrogens (tertiary/aromatic N) is 2. The van der Waals surface area contributed by atoms with Crippen molar-refractivity contribution in [1.82, 2.24) is 20.5 Å². The summed E-state index contributed by atoms with van der Waals surface area (Å²) in [5, 5.41) is 26.8. The second kappa shape index (κ2) is 11.8. The number of hydrogen-bond donors (Lipinski definition) is 4. The average Bonchev–Trinajstić information content (AvgIpc) is 3.77. The number of benzene rings is 1. The van der Waals surface area contributed by atoms with Crippen molar-refractivity contribution < 1.29 is 34.1 Å². The van der Waals surface area contributed by atoms with Crippen LogP contribution in [-0.4, -0.2) is 81.2 Å². The highest BCUT2D eigenvalue weighted by Crippen LogP contribution is 2.36. The fourth-order valence-electron chi connectivity index (χ4n) is 4.68. The van der Waals surface area contributed by atoms with Crippen LogP contribution in [-0.2, 0) is 25.5 Å². The quantitative estimate of drug-likeness (QED) is 0.407. The molecule has 0 spiro atoms. The number of cyclic esters (lactones) is 1. The lowest BCUT2D eigenvalue weighted by molar-refractivity contribution is -0.169. The van der Waals surface area contributed by atoms with Crippen molar-refractivity contribution in [3.8, 4) is 5.75 Å². The Morgan fingerprint density at radius 1 is 1.15 bits per heavy atom. The minimum atomic E-state index is -1.36. The lowest BCUT2D eigenvalue weighted by atomic mass is 9.92. The van der Waals surface area contributed by atoms with Gasteiger partial charge in [0.2, 0.25) is 5.91 Å². The molecule has 2 fully saturated rings. The van der Waals surface area contributed by atoms with Gasteiger partial charge in [0.05, 0.1) is 29.7 Å². The first-order valence-electron chi connectivity index (χ1n) is 13.0. The Labute approximate surface area is 226 Å². The van der Waals surface area contributed by atoms with E-state index in [1.807, 2.05) is 0 Å². The van der Waals surface area contributed by atoms with Crippen LogP contribution in [0.4, 0.5) is 0 Å². The Bertz CT molecular complexity index is 1220. The molecular formula is C28H34N4O7. The lowest BCUT2D eigenvalue weighted by Gasteiger charge is -2.37. The van der Waals surface area contributed by atoms with Crippen molar-refractivity contribution >= 4 is 23.7 Å². The van der Waals surface area contributed by atoms with Gasteiger partial charge in [-0.05, 0) is 56.9 Å². The molecule has 3 amide bonds. The third kappa shape index (κ3) is 6.36. The predicted molar refractivity (Wildman–Crippen MR) is 139 cm³/mol. The summed E-state index contributed by atoms with van der Waals surface area (Å²) in [7, 11) is 1.49. The largest absolute Gasteiger partial charge is 0.507 e. The number of hydrogen-bond acceptors (Lipinski definition) is 8. The van der Waals surface area contributed by atoms with Gasteiger partial charge in [-0.1, -0.05) is 18.2 Å². The maximum absolute atomic E-state index is 13.7. The zero-order valence-corrected chi connectivity index (χ0v) is 22.1. The molecule has 6 atom stereocenters. The van der Waals surface area contributed by atoms with Crippen molar-refractivity contribution in [3.63, 3.8) is 0 Å². The second-order valence-corrected chi connectivity index (χ2v) is 10.3. The second-order valence-electron chi connectivity index (χ2n) is 10.3. The molecule has 1 aromatic heterocycles. The SMILES string of the molecule is C[C@@H]1[C@H](NC(=O)c2ccccc2O)C(=O)N[C@@H](Cc2cccnc2)[C@@H](O)[C@@H](C)C(=O)OC(C2CC2)C(=O)N1C. The summed E-state index contributed by atoms with van der Waals surface area (Å²) < 4.78 is 5.65. The normalized spacial score (nSPS) is 28.5. The summed E-state index contributed by atoms with van der Waals surface area (Å²) in [6.07, 6.45) is 2.32. The van der Waals surface area contributed by atoms with E-state index in [2.05, 4.69) is 15.6 Å². The molecule has 0 bridgehead atoms. The van der Waals surface area contributed by atoms with Crippen LogP contribution in [0.15, 0.2) is 48.8 Å². The van der Waals surface area contributed by atoms with Gasteiger partial charge < -0.3 is 30.5 Å². The molecule has 4 rings (SSSR count). The fraction of sp³-hybridized carbons (Fsp3) is 0.464. The number of aromatic hydroxyl groups is 1. The Balaban J connectivity index is 1.70. The van der Waals surface area contributed by atoms with E-state index in [-0.39, 0.29) is 23.7 Å². The molecule has 39 heavy (non-hydrogen) atoms. The smallest absolute Gasteiger partial charge is 0.312 e. The monoisotopic (exact) mass is 538 g/mol. The van der Waals surface area contributed by atoms with Crippen molar-refractivity contribution in [2.75, 3.05) is 7.05 Å². The van der Waals surface area contributed by atoms with E-state index in [0.29, 0.717) is 18.4 Å². The number of para-hydroxylation sites is 1. The summed E-state index contributed by atoms with van der Waals surface area (Å²) in [4.78, 5) is 58.7. The molecule has 1 unspecified atom stereocenters. The third-order valence-electron chi connectivity index (χ3n) is 7.50.